The smallest absolute Gasteiger partial charge is 0.246 e. The fraction of sp³-hybridized carbons (Fsp3) is 0.371. The molecule has 11 heteroatoms. The highest BCUT2D eigenvalue weighted by atomic mass is 19.1. The van der Waals surface area contributed by atoms with E-state index in [2.05, 4.69) is 26.8 Å². The van der Waals surface area contributed by atoms with E-state index >= 15 is 0 Å². The maximum absolute atomic E-state index is 13.4. The van der Waals surface area contributed by atoms with Crippen molar-refractivity contribution in [1.29, 1.82) is 0 Å². The fourth-order valence-corrected chi connectivity index (χ4v) is 6.72. The van der Waals surface area contributed by atoms with E-state index in [1.54, 1.807) is 19.4 Å². The number of piperidine rings is 1. The molecule has 3 aromatic heterocycles. The Balaban J connectivity index is 1.11. The van der Waals surface area contributed by atoms with Crippen LogP contribution in [0.1, 0.15) is 17.7 Å². The molecule has 1 amide bonds. The first-order valence-corrected chi connectivity index (χ1v) is 15.5. The van der Waals surface area contributed by atoms with Crippen molar-refractivity contribution in [3.63, 3.8) is 0 Å². The van der Waals surface area contributed by atoms with Gasteiger partial charge in [0.05, 0.1) is 12.5 Å². The molecular weight excluding hydrogens is 585 g/mol. The highest BCUT2D eigenvalue weighted by molar-refractivity contribution is 6.03. The van der Waals surface area contributed by atoms with E-state index < -0.39 is 6.17 Å². The number of anilines is 1. The first kappa shape index (κ1) is 29.7. The number of hydrogen-bond donors (Lipinski definition) is 1. The van der Waals surface area contributed by atoms with Gasteiger partial charge in [-0.25, -0.2) is 19.3 Å². The molecule has 46 heavy (non-hydrogen) atoms. The average molecular weight is 622 g/mol. The summed E-state index contributed by atoms with van der Waals surface area (Å²) in [6.45, 7) is 5.16. The highest BCUT2D eigenvalue weighted by Gasteiger charge is 2.55. The minimum Gasteiger partial charge on any atom is -0.493 e. The Morgan fingerprint density at radius 3 is 2.70 bits per heavy atom. The summed E-state index contributed by atoms with van der Waals surface area (Å²) in [6.07, 6.45) is 6.46. The van der Waals surface area contributed by atoms with Crippen molar-refractivity contribution in [3.8, 4) is 40.3 Å². The maximum Gasteiger partial charge on any atom is 0.246 e. The van der Waals surface area contributed by atoms with Crippen molar-refractivity contribution in [1.82, 2.24) is 29.3 Å². The van der Waals surface area contributed by atoms with Crippen molar-refractivity contribution in [2.75, 3.05) is 45.6 Å². The Kier molecular flexibility index (Phi) is 7.82. The molecule has 0 bridgehead atoms. The zero-order chi connectivity index (χ0) is 31.9. The Labute approximate surface area is 267 Å². The number of benzene rings is 1. The van der Waals surface area contributed by atoms with Crippen LogP contribution in [0.4, 0.5) is 10.2 Å². The second-order valence-corrected chi connectivity index (χ2v) is 12.3. The molecule has 236 valence electrons. The van der Waals surface area contributed by atoms with Gasteiger partial charge in [0.2, 0.25) is 11.8 Å². The van der Waals surface area contributed by atoms with Crippen LogP contribution in [0.5, 0.6) is 17.4 Å². The van der Waals surface area contributed by atoms with Gasteiger partial charge in [0.15, 0.2) is 11.5 Å². The molecule has 3 fully saturated rings. The molecule has 3 aliphatic rings. The van der Waals surface area contributed by atoms with E-state index in [-0.39, 0.29) is 11.8 Å². The third-order valence-electron chi connectivity index (χ3n) is 9.26. The molecule has 2 N–H and O–H groups in total. The Hall–Kier alpha value is -4.95. The van der Waals surface area contributed by atoms with Gasteiger partial charge >= 0.3 is 0 Å². The van der Waals surface area contributed by atoms with Gasteiger partial charge in [-0.3, -0.25) is 9.69 Å². The number of carbonyl (C=O) groups is 1. The molecule has 1 saturated carbocycles. The zero-order valence-electron chi connectivity index (χ0n) is 26.1. The highest BCUT2D eigenvalue weighted by Crippen LogP contribution is 2.51. The largest absolute Gasteiger partial charge is 0.493 e. The van der Waals surface area contributed by atoms with Crippen molar-refractivity contribution >= 4 is 22.8 Å². The number of alkyl halides is 1. The van der Waals surface area contributed by atoms with Gasteiger partial charge in [-0.1, -0.05) is 18.1 Å². The third-order valence-corrected chi connectivity index (χ3v) is 9.26. The lowest BCUT2D eigenvalue weighted by Gasteiger charge is -2.17. The number of ether oxygens (including phenoxy) is 2. The molecule has 5 heterocycles. The number of fused-ring (bicyclic) bond motifs is 2. The number of carbonyl (C=O) groups excluding carboxylic acids is 1. The Morgan fingerprint density at radius 1 is 1.13 bits per heavy atom. The molecule has 2 saturated heterocycles. The summed E-state index contributed by atoms with van der Waals surface area (Å²) in [7, 11) is 3.53. The monoisotopic (exact) mass is 621 g/mol. The molecule has 10 nitrogen and oxygen atoms in total. The molecule has 1 aliphatic carbocycles. The molecule has 2 unspecified atom stereocenters. The van der Waals surface area contributed by atoms with Gasteiger partial charge in [0.25, 0.3) is 0 Å². The second kappa shape index (κ2) is 12.1. The molecule has 4 aromatic rings. The molecule has 2 aliphatic heterocycles. The van der Waals surface area contributed by atoms with Gasteiger partial charge in [-0.15, -0.1) is 0 Å². The van der Waals surface area contributed by atoms with E-state index in [0.29, 0.717) is 73.3 Å². The van der Waals surface area contributed by atoms with Crippen LogP contribution in [0, 0.1) is 36.5 Å². The SMILES string of the molecule is COc1cc(-c2c(C#CC3[C@H]4CN(C(=O)/C=C/CN5CCC(F)C5)C[C@@H]34)n(C)c3ncnc(N)c23)ccc1Oc1cc(C)ccn1. The second-order valence-electron chi connectivity index (χ2n) is 12.3. The number of rotatable bonds is 7. The van der Waals surface area contributed by atoms with E-state index in [4.69, 9.17) is 15.2 Å². The zero-order valence-corrected chi connectivity index (χ0v) is 26.1. The van der Waals surface area contributed by atoms with E-state index in [0.717, 1.165) is 34.3 Å². The molecule has 0 spiro atoms. The quantitative estimate of drug-likeness (QED) is 0.239. The van der Waals surface area contributed by atoms with Crippen LogP contribution in [-0.2, 0) is 11.8 Å². The van der Waals surface area contributed by atoms with Crippen molar-refractivity contribution in [3.05, 3.63) is 66.3 Å². The lowest BCUT2D eigenvalue weighted by atomic mass is 10.0. The van der Waals surface area contributed by atoms with Crippen molar-refractivity contribution < 1.29 is 18.7 Å². The number of nitrogens with zero attached hydrogens (tertiary/aromatic N) is 6. The predicted molar refractivity (Wildman–Crippen MR) is 173 cm³/mol. The molecule has 4 atom stereocenters. The third kappa shape index (κ3) is 5.65. The number of likely N-dealkylation sites (tertiary alicyclic amines) is 2. The summed E-state index contributed by atoms with van der Waals surface area (Å²) in [5.41, 5.74) is 10.6. The van der Waals surface area contributed by atoms with Crippen LogP contribution in [0.15, 0.2) is 55.0 Å². The minimum absolute atomic E-state index is 0.0134. The van der Waals surface area contributed by atoms with Crippen LogP contribution in [0.3, 0.4) is 0 Å². The molecular formula is C35H36FN7O3. The summed E-state index contributed by atoms with van der Waals surface area (Å²) < 4.78 is 27.1. The standard InChI is InChI=1S/C35H36FN7O3/c1-21-10-12-38-30(15-21)46-28-9-6-22(16-29(28)45-3)32-27(41(2)35-33(32)34(37)39-20-40-35)8-7-24-25-18-43(19-26(24)25)31(44)5-4-13-42-14-11-23(36)17-42/h4-6,9-10,12,15-16,20,23-26H,11,13-14,17-19H2,1-3H3,(H2,37,39,40)/b5-4+/t23?,24?,25-,26+. The maximum atomic E-state index is 13.4. The number of nitrogens with two attached hydrogens (primary N) is 1. The fourth-order valence-electron chi connectivity index (χ4n) is 6.72. The van der Waals surface area contributed by atoms with E-state index in [1.165, 1.54) is 6.33 Å². The number of halogens is 1. The first-order valence-electron chi connectivity index (χ1n) is 15.5. The normalized spacial score (nSPS) is 22.2. The van der Waals surface area contributed by atoms with Gasteiger partial charge in [-0.2, -0.15) is 0 Å². The van der Waals surface area contributed by atoms with Gasteiger partial charge in [0.1, 0.15) is 29.7 Å². The topological polar surface area (TPSA) is 112 Å². The van der Waals surface area contributed by atoms with Crippen LogP contribution in [0.2, 0.25) is 0 Å². The summed E-state index contributed by atoms with van der Waals surface area (Å²) in [5, 5.41) is 0.723. The van der Waals surface area contributed by atoms with Gasteiger partial charge in [-0.05, 0) is 60.4 Å². The summed E-state index contributed by atoms with van der Waals surface area (Å²) in [4.78, 5) is 29.8. The van der Waals surface area contributed by atoms with Gasteiger partial charge < -0.3 is 24.7 Å². The molecule has 7 rings (SSSR count). The molecule has 0 radical (unpaired) electrons. The lowest BCUT2D eigenvalue weighted by Crippen LogP contribution is -2.30. The number of aromatic nitrogens is 4. The number of aryl methyl sites for hydroxylation is 2. The van der Waals surface area contributed by atoms with Gasteiger partial charge in [0, 0.05) is 69.6 Å². The summed E-state index contributed by atoms with van der Waals surface area (Å²) in [5.74, 6) is 9.80. The number of nitrogen functional groups attached to an aromatic ring is 1. The number of amides is 1. The number of pyridine rings is 1. The Morgan fingerprint density at radius 2 is 1.96 bits per heavy atom. The van der Waals surface area contributed by atoms with Crippen LogP contribution in [0.25, 0.3) is 22.2 Å². The first-order chi connectivity index (χ1) is 22.3. The van der Waals surface area contributed by atoms with Crippen LogP contribution in [-0.4, -0.2) is 81.2 Å². The summed E-state index contributed by atoms with van der Waals surface area (Å²) in [6, 6.07) is 9.47. The number of hydrogen-bond acceptors (Lipinski definition) is 8. The molecule has 1 aromatic carbocycles. The lowest BCUT2D eigenvalue weighted by molar-refractivity contribution is -0.125. The Bertz CT molecular complexity index is 1900. The minimum atomic E-state index is -0.756. The van der Waals surface area contributed by atoms with E-state index in [9.17, 15) is 9.18 Å². The number of methoxy groups -OCH3 is 1. The predicted octanol–water partition coefficient (Wildman–Crippen LogP) is 4.38. The van der Waals surface area contributed by atoms with E-state index in [1.807, 2.05) is 64.7 Å². The van der Waals surface area contributed by atoms with Crippen LogP contribution < -0.4 is 15.2 Å². The average Bonchev–Trinajstić information content (AvgIpc) is 3.37. The summed E-state index contributed by atoms with van der Waals surface area (Å²) >= 11 is 0. The van der Waals surface area contributed by atoms with Crippen LogP contribution >= 0.6 is 0 Å². The van der Waals surface area contributed by atoms with Crippen molar-refractivity contribution in [2.45, 2.75) is 19.5 Å². The van der Waals surface area contributed by atoms with Crippen molar-refractivity contribution in [2.24, 2.45) is 24.8 Å².